The monoisotopic (exact) mass is 349 g/mol. The molecule has 136 valence electrons. The molecular formula is C21H27N5. The zero-order valence-corrected chi connectivity index (χ0v) is 15.7. The van der Waals surface area contributed by atoms with E-state index in [1.165, 1.54) is 11.3 Å². The molecule has 0 saturated heterocycles. The molecule has 0 aliphatic carbocycles. The molecule has 0 radical (unpaired) electrons. The van der Waals surface area contributed by atoms with Crippen molar-refractivity contribution in [3.05, 3.63) is 71.7 Å². The van der Waals surface area contributed by atoms with Crippen LogP contribution in [-0.2, 0) is 13.0 Å². The van der Waals surface area contributed by atoms with Crippen LogP contribution in [0.5, 0.6) is 0 Å². The molecule has 3 rings (SSSR count). The van der Waals surface area contributed by atoms with Gasteiger partial charge in [0.05, 0.1) is 12.2 Å². The summed E-state index contributed by atoms with van der Waals surface area (Å²) in [6.45, 7) is 4.91. The fraction of sp³-hybridized carbons (Fsp3) is 0.333. The minimum absolute atomic E-state index is 0.338. The second kappa shape index (κ2) is 8.52. The molecule has 26 heavy (non-hydrogen) atoms. The summed E-state index contributed by atoms with van der Waals surface area (Å²) in [5.41, 5.74) is 4.52. The van der Waals surface area contributed by atoms with Gasteiger partial charge in [-0.15, -0.1) is 0 Å². The van der Waals surface area contributed by atoms with Crippen LogP contribution in [0.4, 0.5) is 0 Å². The third-order valence-corrected chi connectivity index (χ3v) is 4.50. The Bertz CT molecular complexity index is 866. The highest BCUT2D eigenvalue weighted by atomic mass is 15.2. The Morgan fingerprint density at radius 3 is 2.69 bits per heavy atom. The van der Waals surface area contributed by atoms with E-state index in [4.69, 9.17) is 0 Å². The van der Waals surface area contributed by atoms with E-state index >= 15 is 0 Å². The standard InChI is InChI=1S/C21H27N5/c1-16(12-13-18-9-5-4-6-10-18)24-21(22-3)23-14-19-15-26-17(2)8-7-11-20(26)25-19/h4-11,15-16H,12-14H2,1-3H3,(H2,22,23,24). The summed E-state index contributed by atoms with van der Waals surface area (Å²) >= 11 is 0. The topological polar surface area (TPSA) is 53.7 Å². The summed E-state index contributed by atoms with van der Waals surface area (Å²) in [5.74, 6) is 0.805. The number of imidazole rings is 1. The number of aliphatic imine (C=N–C) groups is 1. The first kappa shape index (κ1) is 18.0. The van der Waals surface area contributed by atoms with Crippen LogP contribution in [0.2, 0.25) is 0 Å². The fourth-order valence-electron chi connectivity index (χ4n) is 2.99. The number of fused-ring (bicyclic) bond motifs is 1. The van der Waals surface area contributed by atoms with Crippen molar-refractivity contribution in [1.29, 1.82) is 0 Å². The summed E-state index contributed by atoms with van der Waals surface area (Å²) in [6, 6.07) is 17.0. The molecule has 2 heterocycles. The largest absolute Gasteiger partial charge is 0.354 e. The number of aryl methyl sites for hydroxylation is 2. The van der Waals surface area contributed by atoms with Gasteiger partial charge in [-0.25, -0.2) is 4.98 Å². The van der Waals surface area contributed by atoms with E-state index in [1.807, 2.05) is 12.1 Å². The van der Waals surface area contributed by atoms with Gasteiger partial charge in [-0.1, -0.05) is 36.4 Å². The molecule has 5 nitrogen and oxygen atoms in total. The highest BCUT2D eigenvalue weighted by Crippen LogP contribution is 2.08. The highest BCUT2D eigenvalue weighted by molar-refractivity contribution is 5.79. The third kappa shape index (κ3) is 4.63. The predicted molar refractivity (Wildman–Crippen MR) is 107 cm³/mol. The van der Waals surface area contributed by atoms with E-state index in [9.17, 15) is 0 Å². The summed E-state index contributed by atoms with van der Waals surface area (Å²) < 4.78 is 2.11. The van der Waals surface area contributed by atoms with Gasteiger partial charge in [0, 0.05) is 25.0 Å². The molecule has 0 saturated carbocycles. The zero-order valence-electron chi connectivity index (χ0n) is 15.7. The van der Waals surface area contributed by atoms with Crippen LogP contribution in [0.3, 0.4) is 0 Å². The Morgan fingerprint density at radius 1 is 1.15 bits per heavy atom. The van der Waals surface area contributed by atoms with Crippen LogP contribution in [0.25, 0.3) is 5.65 Å². The number of benzene rings is 1. The number of rotatable bonds is 6. The average molecular weight is 349 g/mol. The van der Waals surface area contributed by atoms with Crippen LogP contribution in [-0.4, -0.2) is 28.4 Å². The van der Waals surface area contributed by atoms with Gasteiger partial charge < -0.3 is 15.0 Å². The van der Waals surface area contributed by atoms with Gasteiger partial charge in [0.2, 0.25) is 0 Å². The fourth-order valence-corrected chi connectivity index (χ4v) is 2.99. The third-order valence-electron chi connectivity index (χ3n) is 4.50. The van der Waals surface area contributed by atoms with E-state index in [0.717, 1.165) is 30.1 Å². The molecule has 0 aliphatic heterocycles. The molecule has 0 fully saturated rings. The molecule has 0 amide bonds. The van der Waals surface area contributed by atoms with E-state index in [0.29, 0.717) is 12.6 Å². The van der Waals surface area contributed by atoms with Crippen molar-refractivity contribution >= 4 is 11.6 Å². The molecule has 0 spiro atoms. The molecule has 1 atom stereocenters. The quantitative estimate of drug-likeness (QED) is 0.530. The maximum absolute atomic E-state index is 4.65. The van der Waals surface area contributed by atoms with Gasteiger partial charge in [0.15, 0.2) is 5.96 Å². The lowest BCUT2D eigenvalue weighted by Crippen LogP contribution is -2.42. The Labute approximate surface area is 155 Å². The Morgan fingerprint density at radius 2 is 1.96 bits per heavy atom. The molecule has 1 aromatic carbocycles. The molecule has 0 aliphatic rings. The van der Waals surface area contributed by atoms with Crippen LogP contribution >= 0.6 is 0 Å². The summed E-state index contributed by atoms with van der Waals surface area (Å²) in [6.07, 6.45) is 4.18. The molecule has 0 bridgehead atoms. The minimum Gasteiger partial charge on any atom is -0.354 e. The number of pyridine rings is 1. The lowest BCUT2D eigenvalue weighted by atomic mass is 10.1. The highest BCUT2D eigenvalue weighted by Gasteiger charge is 2.07. The summed E-state index contributed by atoms with van der Waals surface area (Å²) in [7, 11) is 1.80. The number of hydrogen-bond donors (Lipinski definition) is 2. The van der Waals surface area contributed by atoms with Crippen LogP contribution in [0, 0.1) is 6.92 Å². The Balaban J connectivity index is 1.51. The lowest BCUT2D eigenvalue weighted by molar-refractivity contribution is 0.592. The number of guanidine groups is 1. The molecule has 1 unspecified atom stereocenters. The molecule has 2 aromatic heterocycles. The lowest BCUT2D eigenvalue weighted by Gasteiger charge is -2.17. The summed E-state index contributed by atoms with van der Waals surface area (Å²) in [4.78, 5) is 8.98. The van der Waals surface area contributed by atoms with E-state index in [2.05, 4.69) is 81.5 Å². The van der Waals surface area contributed by atoms with Gasteiger partial charge >= 0.3 is 0 Å². The van der Waals surface area contributed by atoms with E-state index in [1.54, 1.807) is 7.05 Å². The van der Waals surface area contributed by atoms with Crippen LogP contribution in [0.1, 0.15) is 30.3 Å². The molecular weight excluding hydrogens is 322 g/mol. The first-order valence-electron chi connectivity index (χ1n) is 9.10. The van der Waals surface area contributed by atoms with Crippen LogP contribution in [0.15, 0.2) is 59.7 Å². The number of aromatic nitrogens is 2. The molecule has 2 N–H and O–H groups in total. The van der Waals surface area contributed by atoms with Gasteiger partial charge in [0.1, 0.15) is 5.65 Å². The van der Waals surface area contributed by atoms with Crippen molar-refractivity contribution in [1.82, 2.24) is 20.0 Å². The summed E-state index contributed by atoms with van der Waals surface area (Å²) in [5, 5.41) is 6.81. The van der Waals surface area contributed by atoms with Crippen molar-refractivity contribution in [2.24, 2.45) is 4.99 Å². The van der Waals surface area contributed by atoms with Crippen molar-refractivity contribution < 1.29 is 0 Å². The van der Waals surface area contributed by atoms with Crippen molar-refractivity contribution in [3.63, 3.8) is 0 Å². The van der Waals surface area contributed by atoms with Crippen molar-refractivity contribution in [2.75, 3.05) is 7.05 Å². The van der Waals surface area contributed by atoms with Gasteiger partial charge in [-0.05, 0) is 44.4 Å². The average Bonchev–Trinajstić information content (AvgIpc) is 3.09. The smallest absolute Gasteiger partial charge is 0.191 e. The number of nitrogens with one attached hydrogen (secondary N) is 2. The second-order valence-corrected chi connectivity index (χ2v) is 6.62. The van der Waals surface area contributed by atoms with Gasteiger partial charge in [-0.3, -0.25) is 4.99 Å². The molecule has 5 heteroatoms. The maximum atomic E-state index is 4.65. The van der Waals surface area contributed by atoms with E-state index < -0.39 is 0 Å². The SMILES string of the molecule is CN=C(NCc1cn2c(C)cccc2n1)NC(C)CCc1ccccc1. The number of nitrogens with zero attached hydrogens (tertiary/aromatic N) is 3. The first-order valence-corrected chi connectivity index (χ1v) is 9.10. The van der Waals surface area contributed by atoms with Crippen molar-refractivity contribution in [2.45, 2.75) is 39.3 Å². The van der Waals surface area contributed by atoms with Gasteiger partial charge in [0.25, 0.3) is 0 Å². The van der Waals surface area contributed by atoms with E-state index in [-0.39, 0.29) is 0 Å². The predicted octanol–water partition coefficient (Wildman–Crippen LogP) is 3.33. The Hall–Kier alpha value is -2.82. The van der Waals surface area contributed by atoms with Gasteiger partial charge in [-0.2, -0.15) is 0 Å². The second-order valence-electron chi connectivity index (χ2n) is 6.62. The normalized spacial score (nSPS) is 13.0. The molecule has 3 aromatic rings. The maximum Gasteiger partial charge on any atom is 0.191 e. The number of hydrogen-bond acceptors (Lipinski definition) is 2. The van der Waals surface area contributed by atoms with Crippen molar-refractivity contribution in [3.8, 4) is 0 Å². The minimum atomic E-state index is 0.338. The van der Waals surface area contributed by atoms with Crippen LogP contribution < -0.4 is 10.6 Å². The first-order chi connectivity index (χ1) is 12.7. The zero-order chi connectivity index (χ0) is 18.4. The Kier molecular flexibility index (Phi) is 5.89.